The molecule has 27 heavy (non-hydrogen) atoms. The van der Waals surface area contributed by atoms with E-state index in [-0.39, 0.29) is 24.7 Å². The third-order valence-corrected chi connectivity index (χ3v) is 4.21. The number of nitrogens with one attached hydrogen (secondary N) is 3. The molecular weight excluding hydrogens is 372 g/mol. The highest BCUT2D eigenvalue weighted by molar-refractivity contribution is 7.92. The summed E-state index contributed by atoms with van der Waals surface area (Å²) >= 11 is 0. The summed E-state index contributed by atoms with van der Waals surface area (Å²) in [6, 6.07) is 10.9. The number of carbonyl (C=O) groups excluding carboxylic acids is 1. The Labute approximate surface area is 157 Å². The van der Waals surface area contributed by atoms with Gasteiger partial charge in [-0.05, 0) is 30.7 Å². The van der Waals surface area contributed by atoms with Crippen LogP contribution >= 0.6 is 0 Å². The molecule has 0 aromatic heterocycles. The molecule has 2 aromatic carbocycles. The summed E-state index contributed by atoms with van der Waals surface area (Å²) in [6.45, 7) is 2.25. The fourth-order valence-electron chi connectivity index (χ4n) is 2.33. The Kier molecular flexibility index (Phi) is 6.35. The number of hydrogen-bond acceptors (Lipinski definition) is 6. The number of amides is 1. The predicted octanol–water partition coefficient (Wildman–Crippen LogP) is 2.12. The molecule has 0 aliphatic heterocycles. The molecule has 0 saturated carbocycles. The highest BCUT2D eigenvalue weighted by Gasteiger charge is 2.12. The highest BCUT2D eigenvalue weighted by Crippen LogP contribution is 2.22. The van der Waals surface area contributed by atoms with E-state index in [9.17, 15) is 23.3 Å². The number of carbonyl (C=O) groups is 1. The van der Waals surface area contributed by atoms with Crippen LogP contribution in [0.1, 0.15) is 15.9 Å². The first-order chi connectivity index (χ1) is 12.7. The van der Waals surface area contributed by atoms with Gasteiger partial charge in [0.1, 0.15) is 5.69 Å². The fourth-order valence-corrected chi connectivity index (χ4v) is 2.95. The SMILES string of the molecule is Cc1ccc(C(=O)NCCNc2ccccc2[N+](=O)[O-])cc1NS(C)(=O)=O. The minimum atomic E-state index is -3.45. The van der Waals surface area contributed by atoms with Gasteiger partial charge in [0.05, 0.1) is 16.9 Å². The van der Waals surface area contributed by atoms with Gasteiger partial charge in [-0.25, -0.2) is 8.42 Å². The fraction of sp³-hybridized carbons (Fsp3) is 0.235. The summed E-state index contributed by atoms with van der Waals surface area (Å²) in [5.74, 6) is -0.379. The van der Waals surface area contributed by atoms with Gasteiger partial charge in [-0.15, -0.1) is 0 Å². The molecule has 0 aliphatic rings. The van der Waals surface area contributed by atoms with E-state index in [0.29, 0.717) is 22.5 Å². The van der Waals surface area contributed by atoms with Crippen LogP contribution in [0.25, 0.3) is 0 Å². The molecule has 0 radical (unpaired) electrons. The maximum absolute atomic E-state index is 12.2. The minimum absolute atomic E-state index is 0.0427. The standard InChI is InChI=1S/C17H20N4O5S/c1-12-7-8-13(11-15(12)20-27(2,25)26)17(22)19-10-9-18-14-5-3-4-6-16(14)21(23)24/h3-8,11,18,20H,9-10H2,1-2H3,(H,19,22). The maximum atomic E-state index is 12.2. The molecular formula is C17H20N4O5S. The van der Waals surface area contributed by atoms with Crippen LogP contribution in [0.5, 0.6) is 0 Å². The van der Waals surface area contributed by atoms with Crippen molar-refractivity contribution in [1.82, 2.24) is 5.32 Å². The van der Waals surface area contributed by atoms with E-state index >= 15 is 0 Å². The smallest absolute Gasteiger partial charge is 0.292 e. The second-order valence-electron chi connectivity index (χ2n) is 5.86. The van der Waals surface area contributed by atoms with Crippen LogP contribution in [-0.2, 0) is 10.0 Å². The Morgan fingerprint density at radius 2 is 1.81 bits per heavy atom. The summed E-state index contributed by atoms with van der Waals surface area (Å²) in [5, 5.41) is 16.5. The molecule has 0 aliphatic carbocycles. The second-order valence-corrected chi connectivity index (χ2v) is 7.61. The minimum Gasteiger partial charge on any atom is -0.378 e. The van der Waals surface area contributed by atoms with Crippen molar-refractivity contribution in [2.75, 3.05) is 29.4 Å². The summed E-state index contributed by atoms with van der Waals surface area (Å²) in [6.07, 6.45) is 1.04. The van der Waals surface area contributed by atoms with Crippen molar-refractivity contribution in [2.45, 2.75) is 6.92 Å². The molecule has 1 amide bonds. The van der Waals surface area contributed by atoms with E-state index < -0.39 is 14.9 Å². The molecule has 0 atom stereocenters. The van der Waals surface area contributed by atoms with E-state index in [1.165, 1.54) is 12.1 Å². The first-order valence-corrected chi connectivity index (χ1v) is 9.90. The lowest BCUT2D eigenvalue weighted by atomic mass is 10.1. The number of nitro benzene ring substituents is 1. The van der Waals surface area contributed by atoms with E-state index in [2.05, 4.69) is 15.4 Å². The third-order valence-electron chi connectivity index (χ3n) is 3.62. The first kappa shape index (κ1) is 20.2. The monoisotopic (exact) mass is 392 g/mol. The Morgan fingerprint density at radius 3 is 2.48 bits per heavy atom. The number of hydrogen-bond donors (Lipinski definition) is 3. The lowest BCUT2D eigenvalue weighted by Crippen LogP contribution is -2.29. The number of para-hydroxylation sites is 2. The average Bonchev–Trinajstić information content (AvgIpc) is 2.59. The van der Waals surface area contributed by atoms with Crippen LogP contribution in [0.4, 0.5) is 17.1 Å². The lowest BCUT2D eigenvalue weighted by Gasteiger charge is -2.11. The number of anilines is 2. The number of sulfonamides is 1. The third kappa shape index (κ3) is 5.96. The molecule has 144 valence electrons. The molecule has 0 bridgehead atoms. The normalized spacial score (nSPS) is 10.9. The molecule has 0 heterocycles. The second kappa shape index (κ2) is 8.49. The topological polar surface area (TPSA) is 130 Å². The van der Waals surface area contributed by atoms with Gasteiger partial charge in [0.25, 0.3) is 11.6 Å². The van der Waals surface area contributed by atoms with Gasteiger partial charge in [-0.2, -0.15) is 0 Å². The molecule has 2 rings (SSSR count). The molecule has 3 N–H and O–H groups in total. The molecule has 0 saturated heterocycles. The predicted molar refractivity (Wildman–Crippen MR) is 104 cm³/mol. The lowest BCUT2D eigenvalue weighted by molar-refractivity contribution is -0.384. The van der Waals surface area contributed by atoms with Crippen molar-refractivity contribution >= 4 is 33.0 Å². The Balaban J connectivity index is 1.95. The molecule has 2 aromatic rings. The number of rotatable bonds is 8. The van der Waals surface area contributed by atoms with Crippen LogP contribution < -0.4 is 15.4 Å². The van der Waals surface area contributed by atoms with Gasteiger partial charge in [-0.1, -0.05) is 18.2 Å². The van der Waals surface area contributed by atoms with Crippen molar-refractivity contribution in [3.63, 3.8) is 0 Å². The summed E-state index contributed by atoms with van der Waals surface area (Å²) in [5.41, 5.74) is 1.65. The van der Waals surface area contributed by atoms with E-state index in [4.69, 9.17) is 0 Å². The zero-order valence-corrected chi connectivity index (χ0v) is 15.7. The first-order valence-electron chi connectivity index (χ1n) is 8.01. The molecule has 9 nitrogen and oxygen atoms in total. The van der Waals surface area contributed by atoms with Gasteiger partial charge < -0.3 is 10.6 Å². The van der Waals surface area contributed by atoms with Gasteiger partial charge in [0.2, 0.25) is 10.0 Å². The van der Waals surface area contributed by atoms with Crippen LogP contribution in [-0.4, -0.2) is 38.6 Å². The van der Waals surface area contributed by atoms with Gasteiger partial charge in [0.15, 0.2) is 0 Å². The van der Waals surface area contributed by atoms with Crippen molar-refractivity contribution < 1.29 is 18.1 Å². The quantitative estimate of drug-likeness (QED) is 0.358. The number of aryl methyl sites for hydroxylation is 1. The van der Waals surface area contributed by atoms with Crippen molar-refractivity contribution in [1.29, 1.82) is 0 Å². The van der Waals surface area contributed by atoms with E-state index in [0.717, 1.165) is 6.26 Å². The summed E-state index contributed by atoms with van der Waals surface area (Å²) in [4.78, 5) is 22.7. The van der Waals surface area contributed by atoms with Gasteiger partial charge in [0, 0.05) is 24.7 Å². The number of nitrogens with zero attached hydrogens (tertiary/aromatic N) is 1. The van der Waals surface area contributed by atoms with Crippen molar-refractivity contribution in [3.8, 4) is 0 Å². The van der Waals surface area contributed by atoms with Gasteiger partial charge >= 0.3 is 0 Å². The van der Waals surface area contributed by atoms with Crippen LogP contribution in [0.2, 0.25) is 0 Å². The van der Waals surface area contributed by atoms with Crippen LogP contribution in [0, 0.1) is 17.0 Å². The zero-order valence-electron chi connectivity index (χ0n) is 14.9. The summed E-state index contributed by atoms with van der Waals surface area (Å²) in [7, 11) is -3.45. The Hall–Kier alpha value is -3.14. The maximum Gasteiger partial charge on any atom is 0.292 e. The molecule has 0 fully saturated rings. The number of benzene rings is 2. The summed E-state index contributed by atoms with van der Waals surface area (Å²) < 4.78 is 25.1. The Bertz CT molecular complexity index is 960. The van der Waals surface area contributed by atoms with Crippen molar-refractivity contribution in [3.05, 3.63) is 63.7 Å². The highest BCUT2D eigenvalue weighted by atomic mass is 32.2. The average molecular weight is 392 g/mol. The van der Waals surface area contributed by atoms with Crippen LogP contribution in [0.15, 0.2) is 42.5 Å². The largest absolute Gasteiger partial charge is 0.378 e. The molecule has 10 heteroatoms. The zero-order chi connectivity index (χ0) is 20.0. The number of nitro groups is 1. The molecule has 0 spiro atoms. The van der Waals surface area contributed by atoms with E-state index in [1.807, 2.05) is 0 Å². The van der Waals surface area contributed by atoms with E-state index in [1.54, 1.807) is 37.3 Å². The van der Waals surface area contributed by atoms with Crippen LogP contribution in [0.3, 0.4) is 0 Å². The van der Waals surface area contributed by atoms with Crippen molar-refractivity contribution in [2.24, 2.45) is 0 Å². The van der Waals surface area contributed by atoms with Gasteiger partial charge in [-0.3, -0.25) is 19.6 Å². The molecule has 0 unspecified atom stereocenters. The Morgan fingerprint density at radius 1 is 1.11 bits per heavy atom.